The summed E-state index contributed by atoms with van der Waals surface area (Å²) >= 11 is 13.2. The molecular weight excluding hydrogens is 459 g/mol. The summed E-state index contributed by atoms with van der Waals surface area (Å²) < 4.78 is 12.5. The van der Waals surface area contributed by atoms with Gasteiger partial charge in [0, 0.05) is 27.8 Å². The van der Waals surface area contributed by atoms with Crippen LogP contribution in [0.5, 0.6) is 11.5 Å². The van der Waals surface area contributed by atoms with Gasteiger partial charge in [-0.3, -0.25) is 9.36 Å². The second-order valence-corrected chi connectivity index (χ2v) is 8.09. The monoisotopic (exact) mass is 478 g/mol. The molecule has 1 heterocycles. The van der Waals surface area contributed by atoms with Gasteiger partial charge in [0.05, 0.1) is 20.0 Å². The van der Waals surface area contributed by atoms with E-state index < -0.39 is 0 Å². The normalized spacial score (nSPS) is 10.6. The minimum absolute atomic E-state index is 0.130. The Morgan fingerprint density at radius 1 is 1.13 bits per heavy atom. The number of nitrogens with zero attached hydrogens (tertiary/aromatic N) is 3. The maximum Gasteiger partial charge on any atom is 0.234 e. The molecule has 0 aliphatic rings. The molecule has 2 aromatic carbocycles. The van der Waals surface area contributed by atoms with E-state index >= 15 is 0 Å². The van der Waals surface area contributed by atoms with Crippen LogP contribution in [0.4, 0.5) is 5.69 Å². The highest BCUT2D eigenvalue weighted by Gasteiger charge is 2.17. The Kier molecular flexibility index (Phi) is 7.84. The molecule has 1 N–H and O–H groups in total. The fourth-order valence-electron chi connectivity index (χ4n) is 2.83. The lowest BCUT2D eigenvalue weighted by Crippen LogP contribution is -2.14. The van der Waals surface area contributed by atoms with Crippen molar-refractivity contribution in [2.24, 2.45) is 0 Å². The predicted octanol–water partition coefficient (Wildman–Crippen LogP) is 5.19. The Morgan fingerprint density at radius 3 is 2.48 bits per heavy atom. The number of nitrogens with one attached hydrogen (secondary N) is 1. The van der Waals surface area contributed by atoms with Gasteiger partial charge in [-0.1, -0.05) is 41.0 Å². The number of carbonyl (C=O) groups is 1. The Labute approximate surface area is 194 Å². The van der Waals surface area contributed by atoms with Gasteiger partial charge in [-0.05, 0) is 36.4 Å². The van der Waals surface area contributed by atoms with Crippen molar-refractivity contribution in [1.29, 1.82) is 0 Å². The van der Waals surface area contributed by atoms with Crippen LogP contribution < -0.4 is 14.8 Å². The van der Waals surface area contributed by atoms with Crippen molar-refractivity contribution in [3.8, 4) is 22.9 Å². The first-order valence-electron chi connectivity index (χ1n) is 9.10. The molecule has 0 unspecified atom stereocenters. The van der Waals surface area contributed by atoms with E-state index in [9.17, 15) is 4.79 Å². The summed E-state index contributed by atoms with van der Waals surface area (Å²) in [4.78, 5) is 12.4. The maximum atomic E-state index is 12.4. The number of aromatic nitrogens is 3. The zero-order chi connectivity index (χ0) is 22.4. The van der Waals surface area contributed by atoms with Crippen LogP contribution in [-0.2, 0) is 11.3 Å². The smallest absolute Gasteiger partial charge is 0.234 e. The number of amides is 1. The van der Waals surface area contributed by atoms with E-state index in [2.05, 4.69) is 22.1 Å². The predicted molar refractivity (Wildman–Crippen MR) is 125 cm³/mol. The Bertz CT molecular complexity index is 1080. The summed E-state index contributed by atoms with van der Waals surface area (Å²) in [5, 5.41) is 12.8. The van der Waals surface area contributed by atoms with Gasteiger partial charge in [-0.15, -0.1) is 16.8 Å². The minimum atomic E-state index is -0.218. The number of methoxy groups -OCH3 is 2. The van der Waals surface area contributed by atoms with E-state index in [0.29, 0.717) is 44.8 Å². The molecule has 0 aliphatic carbocycles. The Balaban J connectivity index is 1.77. The van der Waals surface area contributed by atoms with E-state index in [1.54, 1.807) is 44.6 Å². The van der Waals surface area contributed by atoms with Gasteiger partial charge in [0.1, 0.15) is 0 Å². The van der Waals surface area contributed by atoms with Crippen LogP contribution in [0.3, 0.4) is 0 Å². The molecule has 3 rings (SSSR count). The molecule has 0 fully saturated rings. The summed E-state index contributed by atoms with van der Waals surface area (Å²) in [6.45, 7) is 4.28. The number of rotatable bonds is 9. The molecule has 31 heavy (non-hydrogen) atoms. The molecule has 1 aromatic heterocycles. The highest BCUT2D eigenvalue weighted by Crippen LogP contribution is 2.33. The van der Waals surface area contributed by atoms with Gasteiger partial charge in [0.15, 0.2) is 22.5 Å². The quantitative estimate of drug-likeness (QED) is 0.336. The summed E-state index contributed by atoms with van der Waals surface area (Å²) in [6, 6.07) is 10.4. The number of carbonyl (C=O) groups excluding carboxylic acids is 1. The van der Waals surface area contributed by atoms with Gasteiger partial charge in [-0.2, -0.15) is 0 Å². The van der Waals surface area contributed by atoms with Crippen LogP contribution in [-0.4, -0.2) is 40.6 Å². The van der Waals surface area contributed by atoms with Crippen LogP contribution in [0.2, 0.25) is 10.0 Å². The molecule has 0 spiro atoms. The lowest BCUT2D eigenvalue weighted by Gasteiger charge is -2.11. The molecule has 0 atom stereocenters. The fraction of sp³-hybridized carbons (Fsp3) is 0.190. The molecule has 0 radical (unpaired) electrons. The molecule has 3 aromatic rings. The average Bonchev–Trinajstić information content (AvgIpc) is 3.13. The van der Waals surface area contributed by atoms with Gasteiger partial charge in [0.2, 0.25) is 5.91 Å². The van der Waals surface area contributed by atoms with E-state index in [0.717, 1.165) is 5.56 Å². The largest absolute Gasteiger partial charge is 0.493 e. The first-order chi connectivity index (χ1) is 14.9. The molecule has 1 amide bonds. The highest BCUT2D eigenvalue weighted by molar-refractivity contribution is 7.99. The second kappa shape index (κ2) is 10.6. The third-order valence-corrected chi connectivity index (χ3v) is 5.55. The number of ether oxygens (including phenoxy) is 2. The number of benzene rings is 2. The van der Waals surface area contributed by atoms with Crippen LogP contribution in [0, 0.1) is 0 Å². The highest BCUT2D eigenvalue weighted by atomic mass is 35.5. The van der Waals surface area contributed by atoms with E-state index in [1.807, 2.05) is 16.7 Å². The summed E-state index contributed by atoms with van der Waals surface area (Å²) in [6.07, 6.45) is 1.74. The topological polar surface area (TPSA) is 78.3 Å². The van der Waals surface area contributed by atoms with Crippen LogP contribution >= 0.6 is 35.0 Å². The molecule has 0 saturated heterocycles. The van der Waals surface area contributed by atoms with E-state index in [1.165, 1.54) is 11.8 Å². The van der Waals surface area contributed by atoms with Crippen molar-refractivity contribution in [2.45, 2.75) is 11.7 Å². The van der Waals surface area contributed by atoms with Gasteiger partial charge >= 0.3 is 0 Å². The molecule has 7 nitrogen and oxygen atoms in total. The molecule has 0 saturated carbocycles. The summed E-state index contributed by atoms with van der Waals surface area (Å²) in [7, 11) is 3.15. The second-order valence-electron chi connectivity index (χ2n) is 6.27. The number of thioether (sulfide) groups is 1. The van der Waals surface area contributed by atoms with Gasteiger partial charge < -0.3 is 14.8 Å². The average molecular weight is 479 g/mol. The molecule has 162 valence electrons. The standard InChI is InChI=1S/C21H20Cl2N4O3S/c1-4-7-27-20(13-5-6-17(29-2)18(8-13)30-3)25-26-21(27)31-12-19(28)24-16-10-14(22)9-15(23)11-16/h4-6,8-11H,1,7,12H2,2-3H3,(H,24,28). The Morgan fingerprint density at radius 2 is 1.84 bits per heavy atom. The third-order valence-electron chi connectivity index (χ3n) is 4.15. The van der Waals surface area contributed by atoms with Crippen LogP contribution in [0.15, 0.2) is 54.2 Å². The summed E-state index contributed by atoms with van der Waals surface area (Å²) in [5.74, 6) is 1.75. The van der Waals surface area contributed by atoms with Crippen LogP contribution in [0.25, 0.3) is 11.4 Å². The zero-order valence-electron chi connectivity index (χ0n) is 16.9. The van der Waals surface area contributed by atoms with Crippen molar-refractivity contribution in [3.05, 3.63) is 59.1 Å². The lowest BCUT2D eigenvalue weighted by molar-refractivity contribution is -0.113. The SMILES string of the molecule is C=CCn1c(SCC(=O)Nc2cc(Cl)cc(Cl)c2)nnc1-c1ccc(OC)c(OC)c1. The van der Waals surface area contributed by atoms with Gasteiger partial charge in [0.25, 0.3) is 0 Å². The molecule has 10 heteroatoms. The first-order valence-corrected chi connectivity index (χ1v) is 10.8. The van der Waals surface area contributed by atoms with Gasteiger partial charge in [-0.25, -0.2) is 0 Å². The van der Waals surface area contributed by atoms with Crippen molar-refractivity contribution < 1.29 is 14.3 Å². The number of allylic oxidation sites excluding steroid dienone is 1. The number of anilines is 1. The molecular formula is C21H20Cl2N4O3S. The number of hydrogen-bond donors (Lipinski definition) is 1. The first kappa shape index (κ1) is 23.0. The molecule has 0 aliphatic heterocycles. The maximum absolute atomic E-state index is 12.4. The van der Waals surface area contributed by atoms with Crippen molar-refractivity contribution in [2.75, 3.05) is 25.3 Å². The molecule has 0 bridgehead atoms. The number of halogens is 2. The van der Waals surface area contributed by atoms with Crippen molar-refractivity contribution in [3.63, 3.8) is 0 Å². The van der Waals surface area contributed by atoms with E-state index in [-0.39, 0.29) is 11.7 Å². The minimum Gasteiger partial charge on any atom is -0.493 e. The fourth-order valence-corrected chi connectivity index (χ4v) is 4.11. The van der Waals surface area contributed by atoms with Crippen LogP contribution in [0.1, 0.15) is 0 Å². The summed E-state index contributed by atoms with van der Waals surface area (Å²) in [5.41, 5.74) is 1.33. The van der Waals surface area contributed by atoms with Crippen molar-refractivity contribution in [1.82, 2.24) is 14.8 Å². The van der Waals surface area contributed by atoms with E-state index in [4.69, 9.17) is 32.7 Å². The lowest BCUT2D eigenvalue weighted by atomic mass is 10.2. The third kappa shape index (κ3) is 5.72. The number of hydrogen-bond acceptors (Lipinski definition) is 6. The Hall–Kier alpha value is -2.68. The van der Waals surface area contributed by atoms with Crippen molar-refractivity contribution >= 4 is 46.6 Å². The zero-order valence-corrected chi connectivity index (χ0v) is 19.2.